The molecule has 200 valence electrons. The molecule has 0 aliphatic carbocycles. The predicted molar refractivity (Wildman–Crippen MR) is 139 cm³/mol. The summed E-state index contributed by atoms with van der Waals surface area (Å²) in [6.45, 7) is 0.383. The molecule has 0 aromatic heterocycles. The first-order valence-corrected chi connectivity index (χ1v) is 12.5. The van der Waals surface area contributed by atoms with Crippen LogP contribution in [-0.2, 0) is 27.4 Å². The molecule has 2 N–H and O–H groups in total. The van der Waals surface area contributed by atoms with E-state index in [9.17, 15) is 20.2 Å². The van der Waals surface area contributed by atoms with Crippen LogP contribution in [0.15, 0.2) is 90.0 Å². The molecule has 39 heavy (non-hydrogen) atoms. The molecule has 1 fully saturated rings. The molecule has 5 atom stereocenters. The van der Waals surface area contributed by atoms with Crippen LogP contribution < -0.4 is 5.43 Å². The number of amides is 2. The van der Waals surface area contributed by atoms with Crippen molar-refractivity contribution >= 4 is 11.8 Å². The standard InChI is InChI=1S/C28H27N5O6/c29-32-30-26-23(31-33-27(35)20-13-7-8-14-21(20)28(33)36)25(38-16-19-11-5-2-6-12-19)24(34)22(39-26)17-37-15-18-9-3-1-4-10-18/h1-14,22-26,31,34H,15-17H2/t22-,23-,24-,25-,26-/m1/s1. The summed E-state index contributed by atoms with van der Waals surface area (Å²) >= 11 is 0. The van der Waals surface area contributed by atoms with Crippen molar-refractivity contribution in [2.75, 3.05) is 6.61 Å². The summed E-state index contributed by atoms with van der Waals surface area (Å²) in [5.74, 6) is -1.14. The van der Waals surface area contributed by atoms with Crippen LogP contribution in [0.4, 0.5) is 0 Å². The Hall–Kier alpha value is -4.09. The van der Waals surface area contributed by atoms with Crippen molar-refractivity contribution in [3.8, 4) is 0 Å². The lowest BCUT2D eigenvalue weighted by atomic mass is 9.96. The molecule has 0 saturated carbocycles. The third kappa shape index (κ3) is 5.84. The van der Waals surface area contributed by atoms with Crippen LogP contribution in [0, 0.1) is 0 Å². The molecule has 2 aliphatic heterocycles. The number of nitrogens with one attached hydrogen (secondary N) is 1. The van der Waals surface area contributed by atoms with Crippen molar-refractivity contribution in [1.82, 2.24) is 10.4 Å². The van der Waals surface area contributed by atoms with Gasteiger partial charge in [0.25, 0.3) is 11.8 Å². The lowest BCUT2D eigenvalue weighted by Gasteiger charge is -2.44. The molecule has 2 heterocycles. The lowest BCUT2D eigenvalue weighted by molar-refractivity contribution is -0.218. The Balaban J connectivity index is 1.38. The van der Waals surface area contributed by atoms with E-state index < -0.39 is 42.4 Å². The quantitative estimate of drug-likeness (QED) is 0.177. The zero-order valence-electron chi connectivity index (χ0n) is 20.9. The number of aliphatic hydroxyl groups excluding tert-OH is 1. The fourth-order valence-electron chi connectivity index (χ4n) is 4.65. The molecule has 0 unspecified atom stereocenters. The van der Waals surface area contributed by atoms with Gasteiger partial charge in [0, 0.05) is 4.91 Å². The molecule has 2 amide bonds. The van der Waals surface area contributed by atoms with E-state index in [2.05, 4.69) is 15.5 Å². The van der Waals surface area contributed by atoms with E-state index in [4.69, 9.17) is 14.2 Å². The SMILES string of the molecule is [N-]=[N+]=N[C@@H]1O[C@H](COCc2ccccc2)[C@@H](O)[C@H](OCc2ccccc2)[C@H]1NN1C(=O)c2ccccc2C1=O. The second kappa shape index (κ2) is 12.2. The fraction of sp³-hybridized carbons (Fsp3) is 0.286. The molecule has 2 aliphatic rings. The third-order valence-corrected chi connectivity index (χ3v) is 6.61. The summed E-state index contributed by atoms with van der Waals surface area (Å²) in [7, 11) is 0. The highest BCUT2D eigenvalue weighted by Gasteiger charge is 2.48. The maximum Gasteiger partial charge on any atom is 0.276 e. The van der Waals surface area contributed by atoms with Crippen LogP contribution in [0.5, 0.6) is 0 Å². The first-order chi connectivity index (χ1) is 19.1. The first kappa shape index (κ1) is 26.5. The number of hydrogen-bond donors (Lipinski definition) is 2. The number of azide groups is 1. The van der Waals surface area contributed by atoms with Gasteiger partial charge in [-0.05, 0) is 28.8 Å². The van der Waals surface area contributed by atoms with E-state index >= 15 is 0 Å². The van der Waals surface area contributed by atoms with Gasteiger partial charge < -0.3 is 19.3 Å². The summed E-state index contributed by atoms with van der Waals surface area (Å²) in [5, 5.41) is 16.0. The van der Waals surface area contributed by atoms with Crippen LogP contribution in [0.25, 0.3) is 10.4 Å². The molecule has 1 saturated heterocycles. The number of fused-ring (bicyclic) bond motifs is 1. The van der Waals surface area contributed by atoms with Gasteiger partial charge in [0.1, 0.15) is 18.3 Å². The highest BCUT2D eigenvalue weighted by atomic mass is 16.6. The molecular formula is C28H27N5O6. The number of ether oxygens (including phenoxy) is 3. The summed E-state index contributed by atoms with van der Waals surface area (Å²) in [5.41, 5.74) is 14.4. The molecule has 0 radical (unpaired) electrons. The van der Waals surface area contributed by atoms with E-state index in [1.165, 1.54) is 0 Å². The van der Waals surface area contributed by atoms with Crippen LogP contribution in [0.1, 0.15) is 31.8 Å². The maximum atomic E-state index is 13.0. The van der Waals surface area contributed by atoms with Crippen LogP contribution in [0.3, 0.4) is 0 Å². The minimum absolute atomic E-state index is 0.0154. The summed E-state index contributed by atoms with van der Waals surface area (Å²) in [6, 6.07) is 24.2. The molecular weight excluding hydrogens is 502 g/mol. The summed E-state index contributed by atoms with van der Waals surface area (Å²) in [6.07, 6.45) is -4.43. The Bertz CT molecular complexity index is 1320. The van der Waals surface area contributed by atoms with Gasteiger partial charge in [0.2, 0.25) is 0 Å². The zero-order chi connectivity index (χ0) is 27.2. The van der Waals surface area contributed by atoms with Gasteiger partial charge in [-0.3, -0.25) is 9.59 Å². The van der Waals surface area contributed by atoms with E-state index in [-0.39, 0.29) is 30.9 Å². The minimum atomic E-state index is -1.25. The molecule has 3 aromatic carbocycles. The number of carbonyl (C=O) groups excluding carboxylic acids is 2. The fourth-order valence-corrected chi connectivity index (χ4v) is 4.65. The number of imide groups is 1. The number of nitrogens with zero attached hydrogens (tertiary/aromatic N) is 4. The normalized spacial score (nSPS) is 24.3. The number of aliphatic hydroxyl groups is 1. The van der Waals surface area contributed by atoms with E-state index in [0.717, 1.165) is 16.1 Å². The van der Waals surface area contributed by atoms with Crippen molar-refractivity contribution in [3.05, 3.63) is 118 Å². The highest BCUT2D eigenvalue weighted by molar-refractivity contribution is 6.20. The van der Waals surface area contributed by atoms with Gasteiger partial charge in [0.15, 0.2) is 6.23 Å². The number of hydrogen-bond acceptors (Lipinski definition) is 8. The highest BCUT2D eigenvalue weighted by Crippen LogP contribution is 2.29. The largest absolute Gasteiger partial charge is 0.388 e. The monoisotopic (exact) mass is 529 g/mol. The minimum Gasteiger partial charge on any atom is -0.388 e. The summed E-state index contributed by atoms with van der Waals surface area (Å²) < 4.78 is 17.9. The van der Waals surface area contributed by atoms with Gasteiger partial charge in [0.05, 0.1) is 37.0 Å². The Morgan fingerprint density at radius 2 is 1.46 bits per heavy atom. The number of rotatable bonds is 10. The Labute approximate surface area is 224 Å². The van der Waals surface area contributed by atoms with Crippen LogP contribution in [0.2, 0.25) is 0 Å². The first-order valence-electron chi connectivity index (χ1n) is 12.5. The second-order valence-corrected chi connectivity index (χ2v) is 9.17. The summed E-state index contributed by atoms with van der Waals surface area (Å²) in [4.78, 5) is 29.0. The number of carbonyl (C=O) groups is 2. The zero-order valence-corrected chi connectivity index (χ0v) is 20.9. The van der Waals surface area contributed by atoms with Crippen LogP contribution in [-0.4, -0.2) is 59.1 Å². The van der Waals surface area contributed by atoms with Gasteiger partial charge >= 0.3 is 0 Å². The number of benzene rings is 3. The molecule has 0 spiro atoms. The van der Waals surface area contributed by atoms with E-state index in [1.807, 2.05) is 60.7 Å². The van der Waals surface area contributed by atoms with Crippen LogP contribution >= 0.6 is 0 Å². The Morgan fingerprint density at radius 1 is 0.897 bits per heavy atom. The van der Waals surface area contributed by atoms with Gasteiger partial charge in [-0.25, -0.2) is 10.4 Å². The molecule has 5 rings (SSSR count). The Morgan fingerprint density at radius 3 is 2.05 bits per heavy atom. The number of hydrazine groups is 1. The maximum absolute atomic E-state index is 13.0. The molecule has 11 nitrogen and oxygen atoms in total. The second-order valence-electron chi connectivity index (χ2n) is 9.17. The van der Waals surface area contributed by atoms with Crippen molar-refractivity contribution in [3.63, 3.8) is 0 Å². The van der Waals surface area contributed by atoms with Crippen molar-refractivity contribution in [2.45, 2.75) is 43.8 Å². The van der Waals surface area contributed by atoms with Gasteiger partial charge in [-0.1, -0.05) is 77.9 Å². The van der Waals surface area contributed by atoms with Crippen molar-refractivity contribution in [2.24, 2.45) is 5.11 Å². The average Bonchev–Trinajstić information content (AvgIpc) is 3.21. The van der Waals surface area contributed by atoms with E-state index in [0.29, 0.717) is 0 Å². The predicted octanol–water partition coefficient (Wildman–Crippen LogP) is 3.35. The lowest BCUT2D eigenvalue weighted by Crippen LogP contribution is -2.66. The molecule has 3 aromatic rings. The van der Waals surface area contributed by atoms with E-state index in [1.54, 1.807) is 24.3 Å². The molecule has 11 heteroatoms. The Kier molecular flexibility index (Phi) is 8.28. The van der Waals surface area contributed by atoms with Crippen molar-refractivity contribution < 1.29 is 28.9 Å². The third-order valence-electron chi connectivity index (χ3n) is 6.61. The van der Waals surface area contributed by atoms with Gasteiger partial charge in [-0.2, -0.15) is 0 Å². The average molecular weight is 530 g/mol. The smallest absolute Gasteiger partial charge is 0.276 e. The topological polar surface area (TPSA) is 146 Å². The van der Waals surface area contributed by atoms with Gasteiger partial charge in [-0.15, -0.1) is 0 Å². The van der Waals surface area contributed by atoms with Crippen molar-refractivity contribution in [1.29, 1.82) is 0 Å². The molecule has 0 bridgehead atoms.